The molecule has 0 aliphatic rings. The van der Waals surface area contributed by atoms with E-state index >= 15 is 0 Å². The van der Waals surface area contributed by atoms with Gasteiger partial charge in [0.15, 0.2) is 0 Å². The summed E-state index contributed by atoms with van der Waals surface area (Å²) in [4.78, 5) is 16.6. The van der Waals surface area contributed by atoms with Crippen LogP contribution in [0.4, 0.5) is 5.82 Å². The van der Waals surface area contributed by atoms with E-state index in [1.165, 1.54) is 0 Å². The number of anilines is 1. The maximum Gasteiger partial charge on any atom is 0.257 e. The maximum absolute atomic E-state index is 12.4. The summed E-state index contributed by atoms with van der Waals surface area (Å²) in [5.74, 6) is 0.376. The molecule has 0 aliphatic carbocycles. The molecule has 0 fully saturated rings. The van der Waals surface area contributed by atoms with E-state index in [-0.39, 0.29) is 5.91 Å². The van der Waals surface area contributed by atoms with Crippen LogP contribution in [0.2, 0.25) is 5.15 Å². The van der Waals surface area contributed by atoms with Crippen LogP contribution in [-0.2, 0) is 7.05 Å². The van der Waals surface area contributed by atoms with Crippen LogP contribution in [0.25, 0.3) is 10.9 Å². The number of benzene rings is 1. The Morgan fingerprint density at radius 2 is 2.10 bits per heavy atom. The molecule has 0 radical (unpaired) electrons. The van der Waals surface area contributed by atoms with Gasteiger partial charge in [-0.25, -0.2) is 4.98 Å². The summed E-state index contributed by atoms with van der Waals surface area (Å²) in [6.07, 6.45) is 1.62. The fourth-order valence-corrected chi connectivity index (χ4v) is 2.21. The summed E-state index contributed by atoms with van der Waals surface area (Å²) >= 11 is 5.97. The fraction of sp³-hybridized carbons (Fsp3) is 0.0714. The predicted octanol–water partition coefficient (Wildman–Crippen LogP) is 2.87. The zero-order valence-electron chi connectivity index (χ0n) is 10.7. The minimum Gasteiger partial charge on any atom is -0.307 e. The van der Waals surface area contributed by atoms with Crippen molar-refractivity contribution >= 4 is 34.2 Å². The van der Waals surface area contributed by atoms with Crippen LogP contribution in [0.15, 0.2) is 42.6 Å². The minimum absolute atomic E-state index is 0.242. The molecule has 0 saturated heterocycles. The van der Waals surface area contributed by atoms with Crippen LogP contribution in [0.5, 0.6) is 0 Å². The number of rotatable bonds is 2. The van der Waals surface area contributed by atoms with Gasteiger partial charge >= 0.3 is 0 Å². The molecule has 6 heteroatoms. The van der Waals surface area contributed by atoms with Gasteiger partial charge in [0.25, 0.3) is 5.91 Å². The average Bonchev–Trinajstić information content (AvgIpc) is 2.83. The van der Waals surface area contributed by atoms with Crippen LogP contribution >= 0.6 is 11.6 Å². The lowest BCUT2D eigenvalue weighted by atomic mass is 10.1. The van der Waals surface area contributed by atoms with E-state index in [4.69, 9.17) is 11.6 Å². The van der Waals surface area contributed by atoms with Crippen molar-refractivity contribution in [3.63, 3.8) is 0 Å². The minimum atomic E-state index is -0.242. The number of pyridine rings is 1. The second kappa shape index (κ2) is 4.94. The first-order valence-corrected chi connectivity index (χ1v) is 6.37. The van der Waals surface area contributed by atoms with E-state index in [2.05, 4.69) is 15.4 Å². The van der Waals surface area contributed by atoms with Crippen LogP contribution < -0.4 is 5.32 Å². The van der Waals surface area contributed by atoms with Crippen LogP contribution in [-0.4, -0.2) is 20.7 Å². The molecule has 0 unspecified atom stereocenters. The van der Waals surface area contributed by atoms with E-state index in [0.29, 0.717) is 22.1 Å². The van der Waals surface area contributed by atoms with Crippen LogP contribution in [0, 0.1) is 0 Å². The normalized spacial score (nSPS) is 10.7. The number of aryl methyl sites for hydroxylation is 1. The maximum atomic E-state index is 12.4. The fourth-order valence-electron chi connectivity index (χ4n) is 2.01. The van der Waals surface area contributed by atoms with Crippen LogP contribution in [0.3, 0.4) is 0 Å². The number of hydrogen-bond donors (Lipinski definition) is 1. The highest BCUT2D eigenvalue weighted by molar-refractivity contribution is 6.30. The molecule has 2 heterocycles. The van der Waals surface area contributed by atoms with E-state index in [1.54, 1.807) is 30.1 Å². The van der Waals surface area contributed by atoms with Crippen molar-refractivity contribution in [3.05, 3.63) is 53.3 Å². The van der Waals surface area contributed by atoms with Gasteiger partial charge in [-0.3, -0.25) is 9.48 Å². The molecule has 100 valence electrons. The van der Waals surface area contributed by atoms with Crippen LogP contribution in [0.1, 0.15) is 10.4 Å². The highest BCUT2D eigenvalue weighted by atomic mass is 35.5. The zero-order valence-corrected chi connectivity index (χ0v) is 11.4. The van der Waals surface area contributed by atoms with Gasteiger partial charge in [-0.1, -0.05) is 29.8 Å². The number of fused-ring (bicyclic) bond motifs is 1. The molecule has 1 N–H and O–H groups in total. The van der Waals surface area contributed by atoms with Crippen molar-refractivity contribution in [2.45, 2.75) is 0 Å². The Morgan fingerprint density at radius 1 is 1.30 bits per heavy atom. The number of hydrogen-bond acceptors (Lipinski definition) is 3. The Balaban J connectivity index is 2.05. The third kappa shape index (κ3) is 2.23. The number of nitrogens with zero attached hydrogens (tertiary/aromatic N) is 3. The van der Waals surface area contributed by atoms with Gasteiger partial charge in [0, 0.05) is 18.5 Å². The largest absolute Gasteiger partial charge is 0.307 e. The molecule has 3 aromatic rings. The number of carbonyl (C=O) groups is 1. The van der Waals surface area contributed by atoms with Crippen molar-refractivity contribution in [1.29, 1.82) is 0 Å². The second-order valence-electron chi connectivity index (χ2n) is 4.30. The molecule has 2 aromatic heterocycles. The highest BCUT2D eigenvalue weighted by Gasteiger charge is 2.13. The quantitative estimate of drug-likeness (QED) is 0.737. The van der Waals surface area contributed by atoms with Crippen molar-refractivity contribution in [2.75, 3.05) is 5.32 Å². The topological polar surface area (TPSA) is 59.8 Å². The van der Waals surface area contributed by atoms with Gasteiger partial charge < -0.3 is 5.32 Å². The Labute approximate surface area is 120 Å². The standard InChI is InChI=1S/C14H11ClN4O/c1-19-13(6-7-16-19)18-14(20)10-8-12(15)17-11-5-3-2-4-9(10)11/h2-8H,1H3,(H,18,20). The van der Waals surface area contributed by atoms with E-state index in [1.807, 2.05) is 24.3 Å². The van der Waals surface area contributed by atoms with E-state index in [0.717, 1.165) is 5.39 Å². The number of halogens is 1. The highest BCUT2D eigenvalue weighted by Crippen LogP contribution is 2.21. The van der Waals surface area contributed by atoms with Crippen molar-refractivity contribution in [1.82, 2.24) is 14.8 Å². The zero-order chi connectivity index (χ0) is 14.1. The summed E-state index contributed by atoms with van der Waals surface area (Å²) in [5.41, 5.74) is 1.18. The molecule has 1 amide bonds. The lowest BCUT2D eigenvalue weighted by molar-refractivity contribution is 0.102. The molecular weight excluding hydrogens is 276 g/mol. The molecule has 5 nitrogen and oxygen atoms in total. The van der Waals surface area contributed by atoms with Gasteiger partial charge in [-0.05, 0) is 12.1 Å². The molecule has 1 aromatic carbocycles. The lowest BCUT2D eigenvalue weighted by Crippen LogP contribution is -2.15. The molecule has 3 rings (SSSR count). The Kier molecular flexibility index (Phi) is 3.12. The first-order chi connectivity index (χ1) is 9.65. The van der Waals surface area contributed by atoms with E-state index in [9.17, 15) is 4.79 Å². The summed E-state index contributed by atoms with van der Waals surface area (Å²) in [7, 11) is 1.76. The van der Waals surface area contributed by atoms with Gasteiger partial charge in [-0.2, -0.15) is 5.10 Å². The molecule has 0 aliphatic heterocycles. The van der Waals surface area contributed by atoms with E-state index < -0.39 is 0 Å². The smallest absolute Gasteiger partial charge is 0.257 e. The van der Waals surface area contributed by atoms with Crippen molar-refractivity contribution < 1.29 is 4.79 Å². The first-order valence-electron chi connectivity index (χ1n) is 6.00. The second-order valence-corrected chi connectivity index (χ2v) is 4.69. The molecule has 20 heavy (non-hydrogen) atoms. The van der Waals surface area contributed by atoms with Crippen molar-refractivity contribution in [2.24, 2.45) is 7.05 Å². The number of aromatic nitrogens is 3. The SMILES string of the molecule is Cn1nccc1NC(=O)c1cc(Cl)nc2ccccc12. The lowest BCUT2D eigenvalue weighted by Gasteiger charge is -2.08. The summed E-state index contributed by atoms with van der Waals surface area (Å²) in [5, 5.41) is 7.86. The Bertz CT molecular complexity index is 797. The number of carbonyl (C=O) groups excluding carboxylic acids is 1. The molecule has 0 saturated carbocycles. The van der Waals surface area contributed by atoms with Gasteiger partial charge in [0.05, 0.1) is 17.3 Å². The molecule has 0 spiro atoms. The number of nitrogens with one attached hydrogen (secondary N) is 1. The number of amides is 1. The summed E-state index contributed by atoms with van der Waals surface area (Å²) < 4.78 is 1.59. The Hall–Kier alpha value is -2.40. The van der Waals surface area contributed by atoms with Gasteiger partial charge in [-0.15, -0.1) is 0 Å². The van der Waals surface area contributed by atoms with Crippen molar-refractivity contribution in [3.8, 4) is 0 Å². The van der Waals surface area contributed by atoms with Gasteiger partial charge in [0.2, 0.25) is 0 Å². The van der Waals surface area contributed by atoms with Gasteiger partial charge in [0.1, 0.15) is 11.0 Å². The summed E-state index contributed by atoms with van der Waals surface area (Å²) in [6.45, 7) is 0. The number of para-hydroxylation sites is 1. The average molecular weight is 287 g/mol. The summed E-state index contributed by atoms with van der Waals surface area (Å²) in [6, 6.07) is 10.7. The third-order valence-corrected chi connectivity index (χ3v) is 3.19. The molecule has 0 atom stereocenters. The monoisotopic (exact) mass is 286 g/mol. The molecule has 0 bridgehead atoms. The third-order valence-electron chi connectivity index (χ3n) is 2.99. The Morgan fingerprint density at radius 3 is 2.85 bits per heavy atom. The molecular formula is C14H11ClN4O. The predicted molar refractivity (Wildman–Crippen MR) is 77.9 cm³/mol. The first kappa shape index (κ1) is 12.6.